The van der Waals surface area contributed by atoms with E-state index in [1.807, 2.05) is 31.2 Å². The molecule has 0 saturated carbocycles. The molecule has 1 aliphatic heterocycles. The number of ether oxygens (including phenoxy) is 1. The molecule has 1 fully saturated rings. The van der Waals surface area contributed by atoms with Gasteiger partial charge in [0.1, 0.15) is 6.10 Å². The topological polar surface area (TPSA) is 113 Å². The highest BCUT2D eigenvalue weighted by molar-refractivity contribution is 7.92. The van der Waals surface area contributed by atoms with Gasteiger partial charge in [-0.25, -0.2) is 18.7 Å². The normalized spacial score (nSPS) is 20.1. The predicted octanol–water partition coefficient (Wildman–Crippen LogP) is 1.74. The van der Waals surface area contributed by atoms with Crippen LogP contribution in [0.15, 0.2) is 30.3 Å². The van der Waals surface area contributed by atoms with Crippen molar-refractivity contribution in [1.29, 1.82) is 0 Å². The lowest BCUT2D eigenvalue weighted by Crippen LogP contribution is -2.51. The van der Waals surface area contributed by atoms with Gasteiger partial charge in [0.25, 0.3) is 5.91 Å². The third kappa shape index (κ3) is 3.88. The first kappa shape index (κ1) is 19.9. The van der Waals surface area contributed by atoms with E-state index in [9.17, 15) is 18.0 Å². The second kappa shape index (κ2) is 7.46. The molecule has 8 nitrogen and oxygen atoms in total. The van der Waals surface area contributed by atoms with Crippen LogP contribution in [0.5, 0.6) is 0 Å². The van der Waals surface area contributed by atoms with Crippen LogP contribution in [0, 0.1) is 0 Å². The molecular weight excluding hydrogens is 360 g/mol. The fourth-order valence-electron chi connectivity index (χ4n) is 2.76. The Bertz CT molecular complexity index is 818. The van der Waals surface area contributed by atoms with E-state index in [1.165, 1.54) is 17.3 Å². The molecule has 2 amide bonds. The van der Waals surface area contributed by atoms with E-state index >= 15 is 0 Å². The summed E-state index contributed by atoms with van der Waals surface area (Å²) in [4.78, 5) is 25.4. The Hall–Kier alpha value is -2.39. The van der Waals surface area contributed by atoms with Crippen LogP contribution >= 0.6 is 0 Å². The maximum Gasteiger partial charge on any atom is 0.414 e. The first-order chi connectivity index (χ1) is 12.1. The second-order valence-corrected chi connectivity index (χ2v) is 8.80. The number of anilines is 1. The average molecular weight is 382 g/mol. The van der Waals surface area contributed by atoms with Gasteiger partial charge >= 0.3 is 6.09 Å². The molecule has 2 N–H and O–H groups in total. The summed E-state index contributed by atoms with van der Waals surface area (Å²) >= 11 is 0. The molecule has 1 heterocycles. The van der Waals surface area contributed by atoms with Gasteiger partial charge in [-0.3, -0.25) is 14.9 Å². The van der Waals surface area contributed by atoms with Gasteiger partial charge in [0, 0.05) is 18.4 Å². The summed E-state index contributed by atoms with van der Waals surface area (Å²) in [6, 6.07) is 7.20. The van der Waals surface area contributed by atoms with Crippen molar-refractivity contribution in [3.63, 3.8) is 0 Å². The number of amides is 2. The molecule has 0 radical (unpaired) electrons. The van der Waals surface area contributed by atoms with Crippen LogP contribution in [0.3, 0.4) is 0 Å². The SMILES string of the molecule is C/C=C/c1ccc(N2C[C@H](C[C@](C)(C(=O)NO)S(C)(=O)=O)OC2=O)cc1. The monoisotopic (exact) mass is 382 g/mol. The van der Waals surface area contributed by atoms with Gasteiger partial charge in [-0.15, -0.1) is 0 Å². The summed E-state index contributed by atoms with van der Waals surface area (Å²) in [6.07, 6.45) is 3.02. The molecule has 0 bridgehead atoms. The van der Waals surface area contributed by atoms with Crippen LogP contribution in [0.2, 0.25) is 0 Å². The van der Waals surface area contributed by atoms with Crippen LogP contribution in [0.25, 0.3) is 6.08 Å². The van der Waals surface area contributed by atoms with Gasteiger partial charge < -0.3 is 4.74 Å². The van der Waals surface area contributed by atoms with Crippen molar-refractivity contribution in [1.82, 2.24) is 5.48 Å². The third-order valence-corrected chi connectivity index (χ3v) is 6.44. The van der Waals surface area contributed by atoms with Gasteiger partial charge in [-0.2, -0.15) is 0 Å². The predicted molar refractivity (Wildman–Crippen MR) is 96.6 cm³/mol. The maximum absolute atomic E-state index is 12.2. The molecule has 142 valence electrons. The fourth-order valence-corrected chi connectivity index (χ4v) is 3.63. The second-order valence-electron chi connectivity index (χ2n) is 6.36. The van der Waals surface area contributed by atoms with Crippen LogP contribution in [-0.4, -0.2) is 49.3 Å². The summed E-state index contributed by atoms with van der Waals surface area (Å²) in [5.41, 5.74) is 2.97. The summed E-state index contributed by atoms with van der Waals surface area (Å²) in [5.74, 6) is -1.06. The van der Waals surface area contributed by atoms with Crippen molar-refractivity contribution in [3.8, 4) is 0 Å². The Kier molecular flexibility index (Phi) is 5.72. The van der Waals surface area contributed by atoms with Crippen molar-refractivity contribution in [2.75, 3.05) is 17.7 Å². The molecule has 0 unspecified atom stereocenters. The number of nitrogens with zero attached hydrogens (tertiary/aromatic N) is 1. The first-order valence-corrected chi connectivity index (χ1v) is 9.86. The molecule has 0 aliphatic carbocycles. The van der Waals surface area contributed by atoms with Gasteiger partial charge in [-0.05, 0) is 31.5 Å². The molecule has 26 heavy (non-hydrogen) atoms. The fraction of sp³-hybridized carbons (Fsp3) is 0.412. The standard InChI is InChI=1S/C17H22N2O6S/c1-4-5-12-6-8-13(9-7-12)19-11-14(25-16(19)21)10-17(2,15(20)18-22)26(3,23)24/h4-9,14,22H,10-11H2,1-3H3,(H,18,20)/b5-4+/t14-,17+/m0/s1. The highest BCUT2D eigenvalue weighted by Gasteiger charge is 2.48. The minimum absolute atomic E-state index is 0.103. The molecular formula is C17H22N2O6S. The van der Waals surface area contributed by atoms with Gasteiger partial charge in [0.15, 0.2) is 14.6 Å². The van der Waals surface area contributed by atoms with E-state index in [0.29, 0.717) is 5.69 Å². The minimum atomic E-state index is -3.86. The van der Waals surface area contributed by atoms with E-state index in [-0.39, 0.29) is 13.0 Å². The average Bonchev–Trinajstić information content (AvgIpc) is 2.94. The molecule has 1 saturated heterocycles. The zero-order chi connectivity index (χ0) is 19.5. The summed E-state index contributed by atoms with van der Waals surface area (Å²) < 4.78 is 27.4. The van der Waals surface area contributed by atoms with E-state index in [1.54, 1.807) is 12.1 Å². The van der Waals surface area contributed by atoms with Crippen LogP contribution in [0.4, 0.5) is 10.5 Å². The van der Waals surface area contributed by atoms with Crippen molar-refractivity contribution in [2.24, 2.45) is 0 Å². The number of hydrogen-bond acceptors (Lipinski definition) is 6. The van der Waals surface area contributed by atoms with Crippen molar-refractivity contribution in [3.05, 3.63) is 35.9 Å². The van der Waals surface area contributed by atoms with Crippen LogP contribution in [0.1, 0.15) is 25.8 Å². The molecule has 2 atom stereocenters. The molecule has 1 aromatic carbocycles. The van der Waals surface area contributed by atoms with Crippen LogP contribution in [-0.2, 0) is 19.4 Å². The maximum atomic E-state index is 12.2. The molecule has 1 aliphatic rings. The Morgan fingerprint density at radius 1 is 1.42 bits per heavy atom. The van der Waals surface area contributed by atoms with Crippen molar-refractivity contribution < 1.29 is 28.0 Å². The number of carbonyl (C=O) groups excluding carboxylic acids is 2. The lowest BCUT2D eigenvalue weighted by atomic mass is 10.0. The summed E-state index contributed by atoms with van der Waals surface area (Å²) in [5, 5.41) is 8.87. The lowest BCUT2D eigenvalue weighted by molar-refractivity contribution is -0.132. The Morgan fingerprint density at radius 3 is 2.54 bits per heavy atom. The smallest absolute Gasteiger partial charge is 0.414 e. The molecule has 0 aromatic heterocycles. The molecule has 0 spiro atoms. The highest BCUT2D eigenvalue weighted by atomic mass is 32.2. The number of allylic oxidation sites excluding steroid dienone is 1. The van der Waals surface area contributed by atoms with E-state index in [2.05, 4.69) is 0 Å². The molecule has 9 heteroatoms. The zero-order valence-electron chi connectivity index (χ0n) is 14.8. The largest absolute Gasteiger partial charge is 0.444 e. The number of rotatable bonds is 6. The third-order valence-electron chi connectivity index (χ3n) is 4.46. The summed E-state index contributed by atoms with van der Waals surface area (Å²) in [7, 11) is -3.86. The number of cyclic esters (lactones) is 1. The van der Waals surface area contributed by atoms with Gasteiger partial charge in [0.2, 0.25) is 0 Å². The number of hydroxylamine groups is 1. The Morgan fingerprint density at radius 2 is 2.04 bits per heavy atom. The van der Waals surface area contributed by atoms with Crippen molar-refractivity contribution in [2.45, 2.75) is 31.1 Å². The highest BCUT2D eigenvalue weighted by Crippen LogP contribution is 2.30. The van der Waals surface area contributed by atoms with E-state index in [4.69, 9.17) is 9.94 Å². The quantitative estimate of drug-likeness (QED) is 0.572. The number of nitrogens with one attached hydrogen (secondary N) is 1. The molecule has 1 aromatic rings. The first-order valence-electron chi connectivity index (χ1n) is 7.97. The minimum Gasteiger partial charge on any atom is -0.444 e. The van der Waals surface area contributed by atoms with Gasteiger partial charge in [-0.1, -0.05) is 24.3 Å². The van der Waals surface area contributed by atoms with Crippen LogP contribution < -0.4 is 10.4 Å². The number of carbonyl (C=O) groups is 2. The van der Waals surface area contributed by atoms with E-state index in [0.717, 1.165) is 11.8 Å². The zero-order valence-corrected chi connectivity index (χ0v) is 15.6. The Balaban J connectivity index is 2.19. The Labute approximate surface area is 152 Å². The number of benzene rings is 1. The van der Waals surface area contributed by atoms with E-state index < -0.39 is 32.7 Å². The number of sulfone groups is 1. The lowest BCUT2D eigenvalue weighted by Gasteiger charge is -2.26. The van der Waals surface area contributed by atoms with Crippen molar-refractivity contribution >= 4 is 33.6 Å². The summed E-state index contributed by atoms with van der Waals surface area (Å²) in [6.45, 7) is 3.19. The van der Waals surface area contributed by atoms with Gasteiger partial charge in [0.05, 0.1) is 6.54 Å². The molecule has 2 rings (SSSR count). The number of hydrogen-bond donors (Lipinski definition) is 2.